The summed E-state index contributed by atoms with van der Waals surface area (Å²) in [6, 6.07) is 11.5. The van der Waals surface area contributed by atoms with Crippen LogP contribution < -0.4 is 9.47 Å². The van der Waals surface area contributed by atoms with Gasteiger partial charge >= 0.3 is 0 Å². The Morgan fingerprint density at radius 2 is 1.61 bits per heavy atom. The van der Waals surface area contributed by atoms with Gasteiger partial charge in [0, 0.05) is 56.7 Å². The van der Waals surface area contributed by atoms with Gasteiger partial charge in [0.1, 0.15) is 30.8 Å². The molecule has 340 valence electrons. The van der Waals surface area contributed by atoms with Gasteiger partial charge in [0.2, 0.25) is 11.7 Å². The SMILES string of the molecule is C=CCOc1ccc2c(c1)[C@H]1[C@H](CCCCO)[C@@H](CCCCO)C=C3C(=NOCc4ccc([N+](=O)[O-])cc4)C[C@H](N(C)C(=O)CCCCCCCCCCC)[C@@](OCC=C)(O2)[C@H]31. The molecule has 2 aliphatic carbocycles. The summed E-state index contributed by atoms with van der Waals surface area (Å²) in [6.07, 6.45) is 21.5. The number of amides is 1. The number of carbonyl (C=O) groups is 1. The van der Waals surface area contributed by atoms with Crippen LogP contribution in [0.3, 0.4) is 0 Å². The topological polar surface area (TPSA) is 153 Å². The summed E-state index contributed by atoms with van der Waals surface area (Å²) in [5, 5.41) is 35.9. The first-order valence-electron chi connectivity index (χ1n) is 23.2. The molecule has 0 bridgehead atoms. The first-order valence-corrected chi connectivity index (χ1v) is 23.2. The lowest BCUT2D eigenvalue weighted by Crippen LogP contribution is -2.69. The van der Waals surface area contributed by atoms with Crippen LogP contribution in [0.25, 0.3) is 0 Å². The number of non-ortho nitro benzene ring substituents is 1. The maximum Gasteiger partial charge on any atom is 0.269 e. The minimum absolute atomic E-state index is 0.00372. The van der Waals surface area contributed by atoms with Crippen LogP contribution in [0, 0.1) is 27.9 Å². The van der Waals surface area contributed by atoms with E-state index >= 15 is 0 Å². The van der Waals surface area contributed by atoms with Gasteiger partial charge in [-0.25, -0.2) is 0 Å². The van der Waals surface area contributed by atoms with Crippen molar-refractivity contribution < 1.29 is 39.0 Å². The summed E-state index contributed by atoms with van der Waals surface area (Å²) in [4.78, 5) is 33.2. The predicted octanol–water partition coefficient (Wildman–Crippen LogP) is 10.4. The van der Waals surface area contributed by atoms with Gasteiger partial charge < -0.3 is 34.2 Å². The number of unbranched alkanes of at least 4 members (excludes halogenated alkanes) is 10. The highest BCUT2D eigenvalue weighted by Crippen LogP contribution is 2.61. The zero-order chi connectivity index (χ0) is 44.3. The van der Waals surface area contributed by atoms with E-state index in [0.717, 1.165) is 61.6 Å². The lowest BCUT2D eigenvalue weighted by molar-refractivity contribution is -0.384. The average Bonchev–Trinajstić information content (AvgIpc) is 3.28. The molecule has 0 spiro atoms. The van der Waals surface area contributed by atoms with Crippen molar-refractivity contribution >= 4 is 17.3 Å². The zero-order valence-corrected chi connectivity index (χ0v) is 37.2. The third-order valence-corrected chi connectivity index (χ3v) is 12.9. The molecule has 2 N–H and O–H groups in total. The van der Waals surface area contributed by atoms with E-state index in [1.54, 1.807) is 24.3 Å². The van der Waals surface area contributed by atoms with E-state index in [1.165, 1.54) is 50.7 Å². The lowest BCUT2D eigenvalue weighted by Gasteiger charge is -2.59. The van der Waals surface area contributed by atoms with Gasteiger partial charge in [-0.15, -0.1) is 6.58 Å². The second-order valence-corrected chi connectivity index (χ2v) is 17.2. The number of hydrogen-bond donors (Lipinski definition) is 2. The van der Waals surface area contributed by atoms with Crippen molar-refractivity contribution in [2.45, 2.75) is 140 Å². The van der Waals surface area contributed by atoms with Crippen molar-refractivity contribution in [2.75, 3.05) is 33.5 Å². The molecule has 12 nitrogen and oxygen atoms in total. The van der Waals surface area contributed by atoms with E-state index in [4.69, 9.17) is 24.2 Å². The number of allylic oxidation sites excluding steroid dienone is 1. The standard InChI is InChI=1S/C50H71N3O9/c1-5-8-9-10-11-12-13-14-15-22-47(56)52(4)46-35-44(51-61-36-37-23-25-39(26-24-37)53(57)58)42-33-38(20-16-18-29-54)41(21-17-19-30-55)48-43-34-40(59-31-6-2)27-28-45(43)62-50(46,49(42)48)60-32-7-3/h6-7,23-28,33-34,38,41,46,48-49,54-55H,2-3,5,8-22,29-32,35-36H2,1,4H3/t38-,41+,46-,48+,49+,50+/m0/s1. The number of aliphatic hydroxyl groups excluding tert-OH is 2. The first-order chi connectivity index (χ1) is 30.2. The molecule has 1 aliphatic heterocycles. The van der Waals surface area contributed by atoms with Gasteiger partial charge in [-0.1, -0.05) is 101 Å². The smallest absolute Gasteiger partial charge is 0.269 e. The summed E-state index contributed by atoms with van der Waals surface area (Å²) in [5.41, 5.74) is 3.34. The molecule has 0 saturated heterocycles. The summed E-state index contributed by atoms with van der Waals surface area (Å²) in [5.74, 6) is -0.389. The van der Waals surface area contributed by atoms with Crippen LogP contribution in [0.15, 0.2) is 84.6 Å². The van der Waals surface area contributed by atoms with E-state index < -0.39 is 22.7 Å². The van der Waals surface area contributed by atoms with Gasteiger partial charge in [0.05, 0.1) is 23.2 Å². The molecule has 1 heterocycles. The summed E-state index contributed by atoms with van der Waals surface area (Å²) < 4.78 is 20.4. The van der Waals surface area contributed by atoms with Gasteiger partial charge in [-0.3, -0.25) is 14.9 Å². The van der Waals surface area contributed by atoms with Crippen LogP contribution in [0.5, 0.6) is 11.5 Å². The fourth-order valence-electron chi connectivity index (χ4n) is 9.81. The molecule has 0 aromatic heterocycles. The number of fused-ring (bicyclic) bond motifs is 2. The number of nitrogens with zero attached hydrogens (tertiary/aromatic N) is 3. The maximum absolute atomic E-state index is 14.4. The minimum atomic E-state index is -1.33. The lowest BCUT2D eigenvalue weighted by atomic mass is 9.55. The molecule has 1 saturated carbocycles. The van der Waals surface area contributed by atoms with Crippen LogP contribution in [0.2, 0.25) is 0 Å². The number of aliphatic hydroxyl groups is 2. The average molecular weight is 858 g/mol. The van der Waals surface area contributed by atoms with Crippen LogP contribution in [0.4, 0.5) is 5.69 Å². The molecule has 12 heteroatoms. The normalized spacial score (nSPS) is 23.1. The Hall–Kier alpha value is -4.52. The van der Waals surface area contributed by atoms with Gasteiger partial charge in [-0.2, -0.15) is 0 Å². The summed E-state index contributed by atoms with van der Waals surface area (Å²) in [7, 11) is 1.85. The summed E-state index contributed by atoms with van der Waals surface area (Å²) >= 11 is 0. The highest BCUT2D eigenvalue weighted by Gasteiger charge is 2.65. The van der Waals surface area contributed by atoms with Crippen LogP contribution in [-0.2, 0) is 21.0 Å². The molecule has 2 aromatic rings. The van der Waals surface area contributed by atoms with Gasteiger partial charge in [-0.05, 0) is 85.4 Å². The van der Waals surface area contributed by atoms with E-state index in [1.807, 2.05) is 24.1 Å². The number of rotatable bonds is 29. The van der Waals surface area contributed by atoms with E-state index in [0.29, 0.717) is 49.5 Å². The Balaban J connectivity index is 1.59. The predicted molar refractivity (Wildman–Crippen MR) is 243 cm³/mol. The fraction of sp³-hybridized carbons (Fsp3) is 0.600. The van der Waals surface area contributed by atoms with Crippen LogP contribution in [-0.4, -0.2) is 77.0 Å². The maximum atomic E-state index is 14.4. The Labute approximate surface area is 369 Å². The van der Waals surface area contributed by atoms with Crippen LogP contribution >= 0.6 is 0 Å². The third kappa shape index (κ3) is 12.3. The van der Waals surface area contributed by atoms with Crippen molar-refractivity contribution in [1.82, 2.24) is 4.90 Å². The second kappa shape index (κ2) is 24.9. The minimum Gasteiger partial charge on any atom is -0.490 e. The molecular weight excluding hydrogens is 787 g/mol. The second-order valence-electron chi connectivity index (χ2n) is 17.2. The quantitative estimate of drug-likeness (QED) is 0.0352. The van der Waals surface area contributed by atoms with E-state index in [2.05, 4.69) is 32.2 Å². The van der Waals surface area contributed by atoms with E-state index in [-0.39, 0.29) is 55.8 Å². The van der Waals surface area contributed by atoms with Crippen LogP contribution in [0.1, 0.15) is 133 Å². The highest BCUT2D eigenvalue weighted by molar-refractivity contribution is 6.03. The Kier molecular flexibility index (Phi) is 19.5. The zero-order valence-electron chi connectivity index (χ0n) is 37.2. The molecule has 1 amide bonds. The first kappa shape index (κ1) is 48.5. The number of likely N-dealkylation sites (N-methyl/N-ethyl adjacent to an activating group) is 1. The molecule has 2 aromatic carbocycles. The number of oxime groups is 1. The third-order valence-electron chi connectivity index (χ3n) is 12.9. The number of hydrogen-bond acceptors (Lipinski definition) is 10. The number of nitro groups is 1. The highest BCUT2D eigenvalue weighted by atomic mass is 16.7. The molecule has 1 fully saturated rings. The fourth-order valence-corrected chi connectivity index (χ4v) is 9.81. The monoisotopic (exact) mass is 858 g/mol. The number of carbonyl (C=O) groups excluding carboxylic acids is 1. The van der Waals surface area contributed by atoms with E-state index in [9.17, 15) is 25.1 Å². The summed E-state index contributed by atoms with van der Waals surface area (Å²) in [6.45, 7) is 10.9. The molecule has 6 atom stereocenters. The molecule has 3 aliphatic rings. The molecule has 0 unspecified atom stereocenters. The number of benzene rings is 2. The largest absolute Gasteiger partial charge is 0.490 e. The Morgan fingerprint density at radius 1 is 0.935 bits per heavy atom. The van der Waals surface area contributed by atoms with Crippen molar-refractivity contribution in [1.29, 1.82) is 0 Å². The Morgan fingerprint density at radius 3 is 2.27 bits per heavy atom. The Bertz CT molecular complexity index is 1810. The molecule has 62 heavy (non-hydrogen) atoms. The molecule has 0 radical (unpaired) electrons. The molecular formula is C50H71N3O9. The van der Waals surface area contributed by atoms with Gasteiger partial charge in [0.25, 0.3) is 5.69 Å². The van der Waals surface area contributed by atoms with Crippen molar-refractivity contribution in [3.8, 4) is 11.5 Å². The molecule has 5 rings (SSSR count). The van der Waals surface area contributed by atoms with Crippen molar-refractivity contribution in [2.24, 2.45) is 22.9 Å². The van der Waals surface area contributed by atoms with Crippen molar-refractivity contribution in [3.05, 3.63) is 101 Å². The number of ether oxygens (including phenoxy) is 3. The van der Waals surface area contributed by atoms with Crippen molar-refractivity contribution in [3.63, 3.8) is 0 Å². The van der Waals surface area contributed by atoms with Gasteiger partial charge in [0.15, 0.2) is 0 Å². The number of nitro benzene ring substituents is 1.